The Morgan fingerprint density at radius 2 is 1.81 bits per heavy atom. The third kappa shape index (κ3) is 5.21. The topological polar surface area (TPSA) is 78.9 Å². The van der Waals surface area contributed by atoms with E-state index in [1.807, 2.05) is 47.4 Å². The van der Waals surface area contributed by atoms with E-state index >= 15 is 0 Å². The highest BCUT2D eigenvalue weighted by molar-refractivity contribution is 5.93. The van der Waals surface area contributed by atoms with Crippen LogP contribution < -0.4 is 10.1 Å². The first-order valence-electron chi connectivity index (χ1n) is 8.19. The van der Waals surface area contributed by atoms with Gasteiger partial charge in [0.2, 0.25) is 5.91 Å². The largest absolute Gasteiger partial charge is 0.481 e. The second kappa shape index (κ2) is 9.22. The molecule has 2 aromatic rings. The van der Waals surface area contributed by atoms with Crippen molar-refractivity contribution in [1.29, 1.82) is 0 Å². The highest BCUT2D eigenvalue weighted by Gasteiger charge is 2.29. The molecule has 1 fully saturated rings. The number of halogens is 1. The van der Waals surface area contributed by atoms with E-state index in [0.29, 0.717) is 36.7 Å². The molecule has 6 nitrogen and oxygen atoms in total. The normalized spacial score (nSPS) is 16.5. The van der Waals surface area contributed by atoms with Gasteiger partial charge >= 0.3 is 5.97 Å². The number of para-hydroxylation sites is 3. The number of nitrogens with one attached hydrogen (secondary N) is 1. The molecular formula is C19H21ClN2O4. The Morgan fingerprint density at radius 3 is 2.50 bits per heavy atom. The number of amides is 1. The molecule has 0 aliphatic carbocycles. The maximum absolute atomic E-state index is 12.3. The minimum Gasteiger partial charge on any atom is -0.481 e. The first-order chi connectivity index (χ1) is 12.1. The fraction of sp³-hybridized carbons (Fsp3) is 0.263. The quantitative estimate of drug-likeness (QED) is 0.809. The first kappa shape index (κ1) is 19.8. The van der Waals surface area contributed by atoms with Gasteiger partial charge in [0, 0.05) is 6.54 Å². The Kier molecular flexibility index (Phi) is 7.00. The number of carbonyl (C=O) groups is 2. The molecule has 26 heavy (non-hydrogen) atoms. The number of likely N-dealkylation sites (tertiary alicyclic amines) is 1. The molecule has 0 aromatic heterocycles. The van der Waals surface area contributed by atoms with E-state index in [1.165, 1.54) is 0 Å². The van der Waals surface area contributed by atoms with Crippen LogP contribution in [0.1, 0.15) is 6.42 Å². The van der Waals surface area contributed by atoms with Crippen LogP contribution in [0.25, 0.3) is 0 Å². The van der Waals surface area contributed by atoms with E-state index in [0.717, 1.165) is 0 Å². The van der Waals surface area contributed by atoms with Crippen molar-refractivity contribution in [3.05, 3.63) is 54.6 Å². The molecule has 0 radical (unpaired) electrons. The number of carbonyl (C=O) groups excluding carboxylic acids is 1. The lowest BCUT2D eigenvalue weighted by Crippen LogP contribution is -2.32. The lowest BCUT2D eigenvalue weighted by atomic mass is 10.1. The van der Waals surface area contributed by atoms with Crippen LogP contribution in [0.5, 0.6) is 11.5 Å². The van der Waals surface area contributed by atoms with Crippen molar-refractivity contribution in [2.24, 2.45) is 5.92 Å². The third-order valence-corrected chi connectivity index (χ3v) is 4.12. The van der Waals surface area contributed by atoms with Crippen LogP contribution in [-0.2, 0) is 9.59 Å². The number of ether oxygens (including phenoxy) is 1. The first-order valence-corrected chi connectivity index (χ1v) is 8.19. The average molecular weight is 377 g/mol. The minimum absolute atomic E-state index is 0. The average Bonchev–Trinajstić information content (AvgIpc) is 3.06. The van der Waals surface area contributed by atoms with E-state index in [9.17, 15) is 9.59 Å². The zero-order valence-corrected chi connectivity index (χ0v) is 14.9. The van der Waals surface area contributed by atoms with Gasteiger partial charge in [-0.05, 0) is 37.2 Å². The smallest absolute Gasteiger partial charge is 0.307 e. The molecule has 2 N–H and O–H groups in total. The number of hydrogen-bond donors (Lipinski definition) is 2. The summed E-state index contributed by atoms with van der Waals surface area (Å²) in [5, 5.41) is 11.9. The van der Waals surface area contributed by atoms with Crippen molar-refractivity contribution in [2.75, 3.05) is 25.0 Å². The lowest BCUT2D eigenvalue weighted by Gasteiger charge is -2.16. The number of carboxylic acid groups (broad SMARTS) is 1. The van der Waals surface area contributed by atoms with Crippen LogP contribution in [0, 0.1) is 5.92 Å². The maximum atomic E-state index is 12.3. The van der Waals surface area contributed by atoms with Crippen LogP contribution in [0.4, 0.5) is 5.69 Å². The van der Waals surface area contributed by atoms with Crippen LogP contribution in [0.15, 0.2) is 54.6 Å². The van der Waals surface area contributed by atoms with Gasteiger partial charge < -0.3 is 15.2 Å². The summed E-state index contributed by atoms with van der Waals surface area (Å²) in [5.41, 5.74) is 0.588. The van der Waals surface area contributed by atoms with Gasteiger partial charge in [0.1, 0.15) is 5.75 Å². The maximum Gasteiger partial charge on any atom is 0.307 e. The van der Waals surface area contributed by atoms with Crippen molar-refractivity contribution in [2.45, 2.75) is 6.42 Å². The zero-order valence-electron chi connectivity index (χ0n) is 14.1. The monoisotopic (exact) mass is 376 g/mol. The number of rotatable bonds is 6. The summed E-state index contributed by atoms with van der Waals surface area (Å²) in [6, 6.07) is 16.6. The lowest BCUT2D eigenvalue weighted by molar-refractivity contribution is -0.141. The predicted octanol–water partition coefficient (Wildman–Crippen LogP) is 3.25. The Balaban J connectivity index is 0.00000243. The molecule has 3 rings (SSSR count). The van der Waals surface area contributed by atoms with Crippen molar-refractivity contribution in [3.8, 4) is 11.5 Å². The molecule has 1 saturated heterocycles. The third-order valence-electron chi connectivity index (χ3n) is 4.12. The van der Waals surface area contributed by atoms with E-state index in [2.05, 4.69) is 5.32 Å². The minimum atomic E-state index is -0.801. The molecule has 0 bridgehead atoms. The van der Waals surface area contributed by atoms with E-state index in [1.54, 1.807) is 12.1 Å². The van der Waals surface area contributed by atoms with Gasteiger partial charge in [-0.1, -0.05) is 30.3 Å². The number of hydrogen-bond acceptors (Lipinski definition) is 4. The second-order valence-corrected chi connectivity index (χ2v) is 6.02. The highest BCUT2D eigenvalue weighted by Crippen LogP contribution is 2.29. The Morgan fingerprint density at radius 1 is 1.12 bits per heavy atom. The van der Waals surface area contributed by atoms with E-state index in [4.69, 9.17) is 9.84 Å². The summed E-state index contributed by atoms with van der Waals surface area (Å²) >= 11 is 0. The summed E-state index contributed by atoms with van der Waals surface area (Å²) in [4.78, 5) is 25.1. The molecule has 0 spiro atoms. The summed E-state index contributed by atoms with van der Waals surface area (Å²) in [7, 11) is 0. The molecule has 138 valence electrons. The van der Waals surface area contributed by atoms with Crippen molar-refractivity contribution < 1.29 is 19.4 Å². The molecular weight excluding hydrogens is 356 g/mol. The fourth-order valence-electron chi connectivity index (χ4n) is 2.85. The molecule has 1 atom stereocenters. The van der Waals surface area contributed by atoms with Gasteiger partial charge in [0.15, 0.2) is 5.75 Å². The number of nitrogens with zero attached hydrogens (tertiary/aromatic N) is 1. The molecule has 2 aromatic carbocycles. The van der Waals surface area contributed by atoms with Crippen LogP contribution in [0.3, 0.4) is 0 Å². The SMILES string of the molecule is Cl.O=C(CN1CCC(C(=O)O)C1)Nc1ccccc1Oc1ccccc1. The molecule has 1 aliphatic rings. The number of carboxylic acids is 1. The highest BCUT2D eigenvalue weighted by atomic mass is 35.5. The molecule has 1 heterocycles. The Hall–Kier alpha value is -2.57. The van der Waals surface area contributed by atoms with Crippen LogP contribution in [0.2, 0.25) is 0 Å². The number of anilines is 1. The molecule has 1 aliphatic heterocycles. The Labute approximate surface area is 158 Å². The Bertz CT molecular complexity index is 754. The van der Waals surface area contributed by atoms with Gasteiger partial charge in [0.05, 0.1) is 18.2 Å². The zero-order chi connectivity index (χ0) is 17.6. The fourth-order valence-corrected chi connectivity index (χ4v) is 2.85. The van der Waals surface area contributed by atoms with Crippen molar-refractivity contribution >= 4 is 30.0 Å². The predicted molar refractivity (Wildman–Crippen MR) is 101 cm³/mol. The molecule has 1 unspecified atom stereocenters. The van der Waals surface area contributed by atoms with E-state index in [-0.39, 0.29) is 30.8 Å². The number of benzene rings is 2. The molecule has 7 heteroatoms. The van der Waals surface area contributed by atoms with Crippen LogP contribution in [-0.4, -0.2) is 41.5 Å². The standard InChI is InChI=1S/C19H20N2O4.ClH/c22-18(13-21-11-10-14(12-21)19(23)24)20-16-8-4-5-9-17(16)25-15-6-2-1-3-7-15;/h1-9,14H,10-13H2,(H,20,22)(H,23,24);1H. The summed E-state index contributed by atoms with van der Waals surface area (Å²) in [5.74, 6) is -0.124. The van der Waals surface area contributed by atoms with E-state index < -0.39 is 5.97 Å². The van der Waals surface area contributed by atoms with Gasteiger partial charge in [-0.25, -0.2) is 0 Å². The van der Waals surface area contributed by atoms with Crippen molar-refractivity contribution in [3.63, 3.8) is 0 Å². The summed E-state index contributed by atoms with van der Waals surface area (Å²) in [6.45, 7) is 1.20. The molecule has 1 amide bonds. The van der Waals surface area contributed by atoms with Gasteiger partial charge in [-0.15, -0.1) is 12.4 Å². The second-order valence-electron chi connectivity index (χ2n) is 6.02. The van der Waals surface area contributed by atoms with Crippen molar-refractivity contribution in [1.82, 2.24) is 4.90 Å². The summed E-state index contributed by atoms with van der Waals surface area (Å²) < 4.78 is 5.82. The molecule has 0 saturated carbocycles. The summed E-state index contributed by atoms with van der Waals surface area (Å²) in [6.07, 6.45) is 0.580. The number of aliphatic carboxylic acids is 1. The van der Waals surface area contributed by atoms with Gasteiger partial charge in [0.25, 0.3) is 0 Å². The van der Waals surface area contributed by atoms with Gasteiger partial charge in [-0.3, -0.25) is 14.5 Å². The van der Waals surface area contributed by atoms with Gasteiger partial charge in [-0.2, -0.15) is 0 Å². The van der Waals surface area contributed by atoms with Crippen LogP contribution >= 0.6 is 12.4 Å².